The van der Waals surface area contributed by atoms with Gasteiger partial charge in [-0.1, -0.05) is 32.0 Å². The molecule has 0 aliphatic carbocycles. The molecule has 0 aliphatic heterocycles. The maximum atomic E-state index is 12.0. The van der Waals surface area contributed by atoms with E-state index < -0.39 is 37.0 Å². The van der Waals surface area contributed by atoms with E-state index in [0.717, 1.165) is 16.0 Å². The zero-order chi connectivity index (χ0) is 17.6. The van der Waals surface area contributed by atoms with Gasteiger partial charge in [-0.05, 0) is 29.5 Å². The molecule has 132 valence electrons. The van der Waals surface area contributed by atoms with Crippen LogP contribution >= 0.6 is 0 Å². The van der Waals surface area contributed by atoms with Gasteiger partial charge in [0.25, 0.3) is 0 Å². The third-order valence-electron chi connectivity index (χ3n) is 3.63. The number of hydrogen-bond acceptors (Lipinski definition) is 4. The number of carboxylic acid groups (broad SMARTS) is 2. The molecule has 24 heavy (non-hydrogen) atoms. The number of amides is 1. The van der Waals surface area contributed by atoms with Gasteiger partial charge < -0.3 is 15.9 Å². The van der Waals surface area contributed by atoms with Crippen molar-refractivity contribution < 1.29 is 42.0 Å². The van der Waals surface area contributed by atoms with Gasteiger partial charge in [0.2, 0.25) is 5.91 Å². The Hall–Kier alpha value is -1.88. The molecule has 0 radical (unpaired) electrons. The summed E-state index contributed by atoms with van der Waals surface area (Å²) in [5.41, 5.74) is 7.83. The molecule has 0 fully saturated rings. The van der Waals surface area contributed by atoms with E-state index in [1.165, 1.54) is 0 Å². The molecule has 1 amide bonds. The standard InChI is InChI=1S/C16H22N2O5.Cr/c1-3-10-6-5-7-11(4-2)14(10)15(16(17)23)18(8-12(19)20)9-13(21)22;/h5-7,15H,3-4,8-9H2,1-2H3,(H2,17,23)(H,19,20)(H,21,22);. The van der Waals surface area contributed by atoms with Gasteiger partial charge in [0.1, 0.15) is 6.04 Å². The smallest absolute Gasteiger partial charge is 0.317 e. The summed E-state index contributed by atoms with van der Waals surface area (Å²) in [4.78, 5) is 35.3. The first kappa shape index (κ1) is 22.1. The molecule has 7 nitrogen and oxygen atoms in total. The van der Waals surface area contributed by atoms with E-state index in [4.69, 9.17) is 15.9 Å². The van der Waals surface area contributed by atoms with E-state index in [1.54, 1.807) is 0 Å². The van der Waals surface area contributed by atoms with Crippen LogP contribution in [-0.2, 0) is 44.6 Å². The van der Waals surface area contributed by atoms with Gasteiger partial charge in [-0.25, -0.2) is 0 Å². The summed E-state index contributed by atoms with van der Waals surface area (Å²) >= 11 is 0. The quantitative estimate of drug-likeness (QED) is 0.588. The SMILES string of the molecule is CCc1cccc(CC)c1C(C(N)=O)N(CC(=O)O)CC(=O)O.[Cr]. The average molecular weight is 374 g/mol. The number of carbonyl (C=O) groups is 3. The maximum absolute atomic E-state index is 12.0. The average Bonchev–Trinajstić information content (AvgIpc) is 2.45. The topological polar surface area (TPSA) is 121 Å². The molecule has 1 rings (SSSR count). The molecule has 0 spiro atoms. The molecule has 1 unspecified atom stereocenters. The summed E-state index contributed by atoms with van der Waals surface area (Å²) in [5.74, 6) is -3.20. The molecular formula is C16H22CrN2O5. The van der Waals surface area contributed by atoms with Crippen LogP contribution in [0.3, 0.4) is 0 Å². The van der Waals surface area contributed by atoms with Crippen LogP contribution in [0, 0.1) is 0 Å². The second kappa shape index (κ2) is 10.1. The molecule has 0 aliphatic rings. The van der Waals surface area contributed by atoms with Crippen molar-refractivity contribution in [1.82, 2.24) is 4.90 Å². The van der Waals surface area contributed by atoms with Crippen molar-refractivity contribution >= 4 is 17.8 Å². The predicted molar refractivity (Wildman–Crippen MR) is 84.0 cm³/mol. The van der Waals surface area contributed by atoms with Crippen LogP contribution in [0.25, 0.3) is 0 Å². The number of nitrogens with two attached hydrogens (primary N) is 1. The molecule has 4 N–H and O–H groups in total. The number of carboxylic acids is 2. The maximum Gasteiger partial charge on any atom is 0.317 e. The van der Waals surface area contributed by atoms with Crippen molar-refractivity contribution in [3.63, 3.8) is 0 Å². The van der Waals surface area contributed by atoms with Crippen molar-refractivity contribution in [3.05, 3.63) is 34.9 Å². The van der Waals surface area contributed by atoms with Crippen LogP contribution < -0.4 is 5.73 Å². The summed E-state index contributed by atoms with van der Waals surface area (Å²) in [6.45, 7) is 2.66. The van der Waals surface area contributed by atoms with E-state index in [-0.39, 0.29) is 17.4 Å². The van der Waals surface area contributed by atoms with E-state index >= 15 is 0 Å². The van der Waals surface area contributed by atoms with Crippen molar-refractivity contribution in [1.29, 1.82) is 0 Å². The Morgan fingerprint density at radius 1 is 1.04 bits per heavy atom. The number of carbonyl (C=O) groups excluding carboxylic acids is 1. The van der Waals surface area contributed by atoms with Crippen LogP contribution in [0.15, 0.2) is 18.2 Å². The number of aryl methyl sites for hydroxylation is 2. The molecule has 0 heterocycles. The van der Waals surface area contributed by atoms with Gasteiger partial charge in [-0.3, -0.25) is 19.3 Å². The van der Waals surface area contributed by atoms with Gasteiger partial charge in [0, 0.05) is 17.4 Å². The molecule has 0 aromatic heterocycles. The Balaban J connectivity index is 0.00000529. The summed E-state index contributed by atoms with van der Waals surface area (Å²) in [6.07, 6.45) is 1.25. The van der Waals surface area contributed by atoms with Crippen molar-refractivity contribution in [3.8, 4) is 0 Å². The van der Waals surface area contributed by atoms with E-state index in [1.807, 2.05) is 32.0 Å². The fourth-order valence-corrected chi connectivity index (χ4v) is 2.72. The first-order chi connectivity index (χ1) is 10.8. The summed E-state index contributed by atoms with van der Waals surface area (Å²) < 4.78 is 0. The number of benzene rings is 1. The number of aliphatic carboxylic acids is 2. The Bertz CT molecular complexity index is 568. The second-order valence-corrected chi connectivity index (χ2v) is 5.19. The Morgan fingerprint density at radius 3 is 1.75 bits per heavy atom. The Labute approximate surface area is 151 Å². The van der Waals surface area contributed by atoms with Crippen LogP contribution in [0.2, 0.25) is 0 Å². The number of nitrogens with zero attached hydrogens (tertiary/aromatic N) is 1. The van der Waals surface area contributed by atoms with Crippen LogP contribution in [0.1, 0.15) is 36.6 Å². The molecule has 1 aromatic rings. The minimum atomic E-state index is -1.22. The molecule has 1 aromatic carbocycles. The van der Waals surface area contributed by atoms with Crippen molar-refractivity contribution in [2.45, 2.75) is 32.7 Å². The zero-order valence-electron chi connectivity index (χ0n) is 13.7. The Morgan fingerprint density at radius 2 is 1.46 bits per heavy atom. The van der Waals surface area contributed by atoms with Gasteiger partial charge in [0.15, 0.2) is 0 Å². The van der Waals surface area contributed by atoms with Crippen molar-refractivity contribution in [2.24, 2.45) is 5.73 Å². The molecule has 1 atom stereocenters. The third-order valence-corrected chi connectivity index (χ3v) is 3.63. The zero-order valence-corrected chi connectivity index (χ0v) is 15.0. The van der Waals surface area contributed by atoms with E-state index in [9.17, 15) is 14.4 Å². The monoisotopic (exact) mass is 374 g/mol. The largest absolute Gasteiger partial charge is 0.480 e. The number of primary amides is 1. The minimum absolute atomic E-state index is 0. The summed E-state index contributed by atoms with van der Waals surface area (Å²) in [6, 6.07) is 4.44. The molecule has 0 bridgehead atoms. The minimum Gasteiger partial charge on any atom is -0.480 e. The van der Waals surface area contributed by atoms with E-state index in [2.05, 4.69) is 0 Å². The number of rotatable bonds is 9. The Kier molecular flexibility index (Phi) is 9.30. The summed E-state index contributed by atoms with van der Waals surface area (Å²) in [7, 11) is 0. The van der Waals surface area contributed by atoms with Gasteiger partial charge in [-0.15, -0.1) is 0 Å². The van der Waals surface area contributed by atoms with Crippen LogP contribution in [-0.4, -0.2) is 46.0 Å². The second-order valence-electron chi connectivity index (χ2n) is 5.19. The normalized spacial score (nSPS) is 11.6. The van der Waals surface area contributed by atoms with Crippen molar-refractivity contribution in [2.75, 3.05) is 13.1 Å². The predicted octanol–water partition coefficient (Wildman–Crippen LogP) is 0.807. The molecule has 0 saturated carbocycles. The van der Waals surface area contributed by atoms with Gasteiger partial charge >= 0.3 is 11.9 Å². The number of hydrogen-bond donors (Lipinski definition) is 3. The van der Waals surface area contributed by atoms with Crippen LogP contribution in [0.4, 0.5) is 0 Å². The van der Waals surface area contributed by atoms with Gasteiger partial charge in [0.05, 0.1) is 13.1 Å². The molecular weight excluding hydrogens is 352 g/mol. The summed E-state index contributed by atoms with van der Waals surface area (Å²) in [5, 5.41) is 18.1. The van der Waals surface area contributed by atoms with E-state index in [0.29, 0.717) is 18.4 Å². The fraction of sp³-hybridized carbons (Fsp3) is 0.438. The fourth-order valence-electron chi connectivity index (χ4n) is 2.72. The third kappa shape index (κ3) is 5.64. The first-order valence-electron chi connectivity index (χ1n) is 7.39. The van der Waals surface area contributed by atoms with Crippen LogP contribution in [0.5, 0.6) is 0 Å². The van der Waals surface area contributed by atoms with Gasteiger partial charge in [-0.2, -0.15) is 0 Å². The first-order valence-corrected chi connectivity index (χ1v) is 7.39. The molecule has 8 heteroatoms. The molecule has 0 saturated heterocycles.